The van der Waals surface area contributed by atoms with Crippen LogP contribution in [0.25, 0.3) is 10.2 Å². The minimum absolute atomic E-state index is 0.112. The molecule has 134 valence electrons. The van der Waals surface area contributed by atoms with Gasteiger partial charge in [-0.05, 0) is 24.7 Å². The number of hydrogen-bond donors (Lipinski definition) is 0. The van der Waals surface area contributed by atoms with Gasteiger partial charge in [-0.1, -0.05) is 49.6 Å². The van der Waals surface area contributed by atoms with Crippen LogP contribution in [-0.4, -0.2) is 33.2 Å². The van der Waals surface area contributed by atoms with Crippen molar-refractivity contribution in [2.45, 2.75) is 36.8 Å². The Labute approximate surface area is 164 Å². The van der Waals surface area contributed by atoms with Gasteiger partial charge in [0, 0.05) is 17.2 Å². The second-order valence-electron chi connectivity index (χ2n) is 6.91. The van der Waals surface area contributed by atoms with E-state index in [0.717, 1.165) is 21.1 Å². The molecule has 0 bridgehead atoms. The van der Waals surface area contributed by atoms with E-state index in [1.165, 1.54) is 4.70 Å². The van der Waals surface area contributed by atoms with Gasteiger partial charge in [-0.25, -0.2) is 4.98 Å². The molecule has 3 heterocycles. The number of fused-ring (bicyclic) bond motifs is 2. The first-order valence-electron chi connectivity index (χ1n) is 8.75. The second-order valence-corrected chi connectivity index (χ2v) is 10.2. The Kier molecular flexibility index (Phi) is 4.86. The van der Waals surface area contributed by atoms with Crippen molar-refractivity contribution in [3.63, 3.8) is 0 Å². The quantitative estimate of drug-likeness (QED) is 0.331. The maximum atomic E-state index is 12.4. The molecule has 0 saturated carbocycles. The van der Waals surface area contributed by atoms with E-state index in [0.29, 0.717) is 17.3 Å². The molecule has 3 nitrogen and oxygen atoms in total. The predicted octanol–water partition coefficient (Wildman–Crippen LogP) is 4.41. The summed E-state index contributed by atoms with van der Waals surface area (Å²) in [7, 11) is 2.78. The molecule has 0 aliphatic carbocycles. The maximum absolute atomic E-state index is 12.4. The van der Waals surface area contributed by atoms with Crippen molar-refractivity contribution in [2.75, 3.05) is 5.75 Å². The second kappa shape index (κ2) is 7.00. The summed E-state index contributed by atoms with van der Waals surface area (Å²) >= 11 is 3.39. The summed E-state index contributed by atoms with van der Waals surface area (Å²) in [6.07, 6.45) is 0. The fraction of sp³-hybridized carbons (Fsp3) is 0.400. The highest BCUT2D eigenvalue weighted by atomic mass is 32.2. The average molecular weight is 401 g/mol. The molecule has 1 aromatic heterocycles. The maximum Gasteiger partial charge on any atom is 0.232 e. The fourth-order valence-electron chi connectivity index (χ4n) is 3.97. The lowest BCUT2D eigenvalue weighted by molar-refractivity contribution is -0.152. The Hall–Kier alpha value is -1.34. The van der Waals surface area contributed by atoms with Crippen LogP contribution in [0.4, 0.5) is 0 Å². The first-order chi connectivity index (χ1) is 12.5. The number of thioether (sulfide) groups is 1. The number of para-hydroxylation sites is 1. The number of benzene rings is 1. The molecule has 0 N–H and O–H groups in total. The van der Waals surface area contributed by atoms with Gasteiger partial charge >= 0.3 is 0 Å². The molecule has 1 fully saturated rings. The molecule has 26 heavy (non-hydrogen) atoms. The van der Waals surface area contributed by atoms with Crippen molar-refractivity contribution in [3.05, 3.63) is 35.5 Å². The van der Waals surface area contributed by atoms with E-state index in [9.17, 15) is 4.79 Å². The van der Waals surface area contributed by atoms with E-state index >= 15 is 0 Å². The van der Waals surface area contributed by atoms with Crippen LogP contribution >= 0.6 is 32.3 Å². The number of thiazole rings is 1. The van der Waals surface area contributed by atoms with Crippen LogP contribution in [0.1, 0.15) is 20.8 Å². The van der Waals surface area contributed by atoms with Gasteiger partial charge in [0.2, 0.25) is 5.91 Å². The number of carbonyl (C=O) groups excluding carboxylic acids is 1. The van der Waals surface area contributed by atoms with Crippen LogP contribution in [0.15, 0.2) is 39.9 Å². The molecule has 2 aliphatic rings. The normalized spacial score (nSPS) is 25.8. The number of amides is 1. The lowest BCUT2D eigenvalue weighted by atomic mass is 9.79. The Balaban J connectivity index is 1.45. The van der Waals surface area contributed by atoms with Gasteiger partial charge in [0.1, 0.15) is 0 Å². The summed E-state index contributed by atoms with van der Waals surface area (Å²) in [6, 6.07) is 8.49. The van der Waals surface area contributed by atoms with Gasteiger partial charge in [-0.2, -0.15) is 0 Å². The number of hydrogen-bond acceptors (Lipinski definition) is 4. The van der Waals surface area contributed by atoms with Gasteiger partial charge in [0.15, 0.2) is 4.34 Å². The molecule has 1 saturated heterocycles. The zero-order chi connectivity index (χ0) is 18.4. The summed E-state index contributed by atoms with van der Waals surface area (Å²) in [5.74, 6) is 8.04. The van der Waals surface area contributed by atoms with E-state index in [-0.39, 0.29) is 17.9 Å². The molecule has 6 heteroatoms. The molecule has 0 spiro atoms. The average Bonchev–Trinajstić information content (AvgIpc) is 3.09. The highest BCUT2D eigenvalue weighted by molar-refractivity contribution is 8.01. The third kappa shape index (κ3) is 2.89. The van der Waals surface area contributed by atoms with Crippen molar-refractivity contribution in [1.82, 2.24) is 9.88 Å². The third-order valence-electron chi connectivity index (χ3n) is 5.24. The van der Waals surface area contributed by atoms with Crippen LogP contribution in [0.3, 0.4) is 0 Å². The highest BCUT2D eigenvalue weighted by Crippen LogP contribution is 2.47. The highest BCUT2D eigenvalue weighted by Gasteiger charge is 2.56. The largest absolute Gasteiger partial charge is 0.311 e. The number of carbonyl (C=O) groups is 1. The SMILES string of the molecule is CC1=C(C#CCSc2nc3ccccc3s2)[C@H](C)[C@@H]2[C@@H]([C@@H](C)P)C(=O)N12. The zero-order valence-corrected chi connectivity index (χ0v) is 17.8. The fourth-order valence-corrected chi connectivity index (χ4v) is 6.17. The molecule has 2 aliphatic heterocycles. The van der Waals surface area contributed by atoms with Gasteiger partial charge in [-0.15, -0.1) is 20.6 Å². The van der Waals surface area contributed by atoms with Crippen molar-refractivity contribution in [2.24, 2.45) is 11.8 Å². The van der Waals surface area contributed by atoms with E-state index in [1.807, 2.05) is 30.0 Å². The minimum Gasteiger partial charge on any atom is -0.311 e. The number of aromatic nitrogens is 1. The van der Waals surface area contributed by atoms with Crippen molar-refractivity contribution in [3.8, 4) is 11.8 Å². The van der Waals surface area contributed by atoms with Crippen molar-refractivity contribution in [1.29, 1.82) is 0 Å². The molecule has 1 aromatic carbocycles. The summed E-state index contributed by atoms with van der Waals surface area (Å²) in [5.41, 5.74) is 3.53. The minimum atomic E-state index is 0.112. The summed E-state index contributed by atoms with van der Waals surface area (Å²) in [6.45, 7) is 6.33. The topological polar surface area (TPSA) is 33.2 Å². The first kappa shape index (κ1) is 18.0. The Morgan fingerprint density at radius 2 is 2.19 bits per heavy atom. The molecular weight excluding hydrogens is 379 g/mol. The number of rotatable bonds is 3. The molecule has 1 unspecified atom stereocenters. The molecule has 5 atom stereocenters. The standard InChI is InChI=1S/C20H21N2OPS2/c1-11-14(12(2)22-18(11)17(13(3)24)19(22)23)7-6-10-25-20-21-15-8-4-5-9-16(15)26-20/h4-5,8-9,11,13,17-18H,10,24H2,1-3H3/t11-,13+,17+,18+/m0/s1. The third-order valence-corrected chi connectivity index (χ3v) is 7.72. The zero-order valence-electron chi connectivity index (χ0n) is 15.0. The van der Waals surface area contributed by atoms with Gasteiger partial charge < -0.3 is 4.90 Å². The van der Waals surface area contributed by atoms with Crippen LogP contribution in [0, 0.1) is 23.7 Å². The lowest BCUT2D eigenvalue weighted by Crippen LogP contribution is -2.61. The smallest absolute Gasteiger partial charge is 0.232 e. The van der Waals surface area contributed by atoms with E-state index < -0.39 is 0 Å². The van der Waals surface area contributed by atoms with E-state index in [1.54, 1.807) is 23.1 Å². The molecule has 1 amide bonds. The molecule has 4 rings (SSSR count). The molecule has 0 radical (unpaired) electrons. The molecular formula is C20H21N2OPS2. The Bertz CT molecular complexity index is 936. The summed E-state index contributed by atoms with van der Waals surface area (Å²) in [4.78, 5) is 19.0. The van der Waals surface area contributed by atoms with E-state index in [4.69, 9.17) is 0 Å². The van der Waals surface area contributed by atoms with Gasteiger partial charge in [0.25, 0.3) is 0 Å². The van der Waals surface area contributed by atoms with Crippen LogP contribution in [0.5, 0.6) is 0 Å². The van der Waals surface area contributed by atoms with Gasteiger partial charge in [-0.3, -0.25) is 4.79 Å². The number of nitrogens with zero attached hydrogens (tertiary/aromatic N) is 2. The van der Waals surface area contributed by atoms with E-state index in [2.05, 4.69) is 46.0 Å². The first-order valence-corrected chi connectivity index (χ1v) is 11.2. The monoisotopic (exact) mass is 400 g/mol. The van der Waals surface area contributed by atoms with Crippen molar-refractivity contribution >= 4 is 48.5 Å². The summed E-state index contributed by atoms with van der Waals surface area (Å²) in [5, 5.41) is 0. The van der Waals surface area contributed by atoms with Crippen molar-refractivity contribution < 1.29 is 4.79 Å². The molecule has 2 aromatic rings. The Morgan fingerprint density at radius 3 is 2.92 bits per heavy atom. The van der Waals surface area contributed by atoms with Gasteiger partial charge in [0.05, 0.1) is 27.9 Å². The number of allylic oxidation sites excluding steroid dienone is 1. The Morgan fingerprint density at radius 1 is 1.42 bits per heavy atom. The van der Waals surface area contributed by atoms with Crippen LogP contribution < -0.4 is 0 Å². The predicted molar refractivity (Wildman–Crippen MR) is 113 cm³/mol. The van der Waals surface area contributed by atoms with Crippen LogP contribution in [-0.2, 0) is 4.79 Å². The number of β-lactam (4-membered cyclic amide) rings is 1. The van der Waals surface area contributed by atoms with Crippen LogP contribution in [0.2, 0.25) is 0 Å². The summed E-state index contributed by atoms with van der Waals surface area (Å²) < 4.78 is 2.27. The lowest BCUT2D eigenvalue weighted by Gasteiger charge is -2.47.